The minimum atomic E-state index is 0.212. The van der Waals surface area contributed by atoms with Crippen LogP contribution in [0.2, 0.25) is 0 Å². The van der Waals surface area contributed by atoms with Crippen molar-refractivity contribution in [3.8, 4) is 11.5 Å². The van der Waals surface area contributed by atoms with Crippen LogP contribution in [0.3, 0.4) is 0 Å². The van der Waals surface area contributed by atoms with Crippen molar-refractivity contribution in [3.63, 3.8) is 0 Å². The number of carbonyl (C=O) groups is 1. The first kappa shape index (κ1) is 16.2. The second-order valence-electron chi connectivity index (χ2n) is 5.65. The maximum absolute atomic E-state index is 11.7. The quantitative estimate of drug-likeness (QED) is 0.793. The maximum Gasteiger partial charge on any atom is 0.227 e. The zero-order chi connectivity index (χ0) is 16.8. The molecule has 3 rings (SSSR count). The Labute approximate surface area is 142 Å². The number of amides is 1. The Morgan fingerprint density at radius 2 is 1.75 bits per heavy atom. The molecule has 0 radical (unpaired) electrons. The lowest BCUT2D eigenvalue weighted by molar-refractivity contribution is -0.117. The summed E-state index contributed by atoms with van der Waals surface area (Å²) in [5.74, 6) is 1.85. The number of anilines is 2. The summed E-state index contributed by atoms with van der Waals surface area (Å²) in [5, 5.41) is 3.31. The molecular weight excluding hydrogens is 304 g/mol. The lowest BCUT2D eigenvalue weighted by Gasteiger charge is -2.16. The Balaban J connectivity index is 1.44. The Morgan fingerprint density at radius 1 is 1.04 bits per heavy atom. The van der Waals surface area contributed by atoms with E-state index in [0.29, 0.717) is 19.6 Å². The summed E-state index contributed by atoms with van der Waals surface area (Å²) in [4.78, 5) is 13.6. The third-order valence-electron chi connectivity index (χ3n) is 4.01. The van der Waals surface area contributed by atoms with Crippen molar-refractivity contribution in [1.29, 1.82) is 0 Å². The molecule has 24 heavy (non-hydrogen) atoms. The van der Waals surface area contributed by atoms with Crippen LogP contribution in [0.15, 0.2) is 48.5 Å². The van der Waals surface area contributed by atoms with Gasteiger partial charge in [-0.15, -0.1) is 0 Å². The first-order valence-corrected chi connectivity index (χ1v) is 8.17. The summed E-state index contributed by atoms with van der Waals surface area (Å²) in [6.07, 6.45) is 1.60. The minimum absolute atomic E-state index is 0.212. The molecule has 2 aromatic carbocycles. The molecule has 5 heteroatoms. The summed E-state index contributed by atoms with van der Waals surface area (Å²) in [6, 6.07) is 15.5. The van der Waals surface area contributed by atoms with Crippen molar-refractivity contribution in [3.05, 3.63) is 48.5 Å². The third-order valence-corrected chi connectivity index (χ3v) is 4.01. The molecule has 1 N–H and O–H groups in total. The normalized spacial score (nSPS) is 13.9. The Morgan fingerprint density at radius 3 is 2.38 bits per heavy atom. The Hall–Kier alpha value is -2.69. The van der Waals surface area contributed by atoms with Crippen LogP contribution < -0.4 is 19.7 Å². The highest BCUT2D eigenvalue weighted by molar-refractivity contribution is 5.95. The van der Waals surface area contributed by atoms with Gasteiger partial charge in [-0.25, -0.2) is 0 Å². The van der Waals surface area contributed by atoms with Gasteiger partial charge in [-0.2, -0.15) is 0 Å². The lowest BCUT2D eigenvalue weighted by Crippen LogP contribution is -2.23. The lowest BCUT2D eigenvalue weighted by atomic mass is 10.2. The van der Waals surface area contributed by atoms with Gasteiger partial charge in [-0.1, -0.05) is 0 Å². The molecule has 1 heterocycles. The third kappa shape index (κ3) is 3.98. The molecule has 1 saturated heterocycles. The van der Waals surface area contributed by atoms with Gasteiger partial charge in [0, 0.05) is 30.9 Å². The van der Waals surface area contributed by atoms with Gasteiger partial charge in [-0.3, -0.25) is 4.79 Å². The first-order valence-electron chi connectivity index (χ1n) is 8.17. The number of nitrogens with one attached hydrogen (secondary N) is 1. The zero-order valence-electron chi connectivity index (χ0n) is 13.8. The summed E-state index contributed by atoms with van der Waals surface area (Å²) in [6.45, 7) is 2.09. The van der Waals surface area contributed by atoms with Crippen LogP contribution in [-0.2, 0) is 4.79 Å². The number of hydrogen-bond acceptors (Lipinski definition) is 4. The number of hydrogen-bond donors (Lipinski definition) is 1. The fourth-order valence-electron chi connectivity index (χ4n) is 2.72. The van der Waals surface area contributed by atoms with E-state index in [2.05, 4.69) is 5.32 Å². The molecule has 2 aromatic rings. The number of nitrogens with zero attached hydrogens (tertiary/aromatic N) is 1. The van der Waals surface area contributed by atoms with Gasteiger partial charge in [0.2, 0.25) is 5.91 Å². The van der Waals surface area contributed by atoms with Crippen LogP contribution in [0.4, 0.5) is 11.4 Å². The molecule has 0 spiro atoms. The summed E-state index contributed by atoms with van der Waals surface area (Å²) in [5.41, 5.74) is 1.99. The Kier molecular flexibility index (Phi) is 5.21. The van der Waals surface area contributed by atoms with Gasteiger partial charge < -0.3 is 19.7 Å². The van der Waals surface area contributed by atoms with Crippen LogP contribution in [0, 0.1) is 0 Å². The van der Waals surface area contributed by atoms with Gasteiger partial charge in [0.25, 0.3) is 0 Å². The van der Waals surface area contributed by atoms with Crippen molar-refractivity contribution in [2.75, 3.05) is 37.0 Å². The highest BCUT2D eigenvalue weighted by Gasteiger charge is 2.21. The summed E-state index contributed by atoms with van der Waals surface area (Å²) in [7, 11) is 1.64. The zero-order valence-corrected chi connectivity index (χ0v) is 13.8. The van der Waals surface area contributed by atoms with Gasteiger partial charge in [0.1, 0.15) is 18.1 Å². The molecule has 0 atom stereocenters. The fourth-order valence-corrected chi connectivity index (χ4v) is 2.72. The second-order valence-corrected chi connectivity index (χ2v) is 5.65. The number of methoxy groups -OCH3 is 1. The van der Waals surface area contributed by atoms with Gasteiger partial charge >= 0.3 is 0 Å². The molecule has 5 nitrogen and oxygen atoms in total. The molecule has 0 bridgehead atoms. The van der Waals surface area contributed by atoms with E-state index < -0.39 is 0 Å². The van der Waals surface area contributed by atoms with E-state index in [0.717, 1.165) is 35.8 Å². The number of carbonyl (C=O) groups excluding carboxylic acids is 1. The maximum atomic E-state index is 11.7. The van der Waals surface area contributed by atoms with E-state index in [1.807, 2.05) is 53.4 Å². The molecule has 0 saturated carbocycles. The molecule has 1 aliphatic heterocycles. The largest absolute Gasteiger partial charge is 0.497 e. The van der Waals surface area contributed by atoms with E-state index in [9.17, 15) is 4.79 Å². The summed E-state index contributed by atoms with van der Waals surface area (Å²) >= 11 is 0. The van der Waals surface area contributed by atoms with E-state index >= 15 is 0 Å². The second kappa shape index (κ2) is 7.73. The first-order chi connectivity index (χ1) is 11.8. The van der Waals surface area contributed by atoms with Crippen LogP contribution in [0.1, 0.15) is 12.8 Å². The van der Waals surface area contributed by atoms with Crippen molar-refractivity contribution in [1.82, 2.24) is 0 Å². The number of ether oxygens (including phenoxy) is 2. The fraction of sp³-hybridized carbons (Fsp3) is 0.316. The van der Waals surface area contributed by atoms with Crippen LogP contribution >= 0.6 is 0 Å². The summed E-state index contributed by atoms with van der Waals surface area (Å²) < 4.78 is 10.8. The van der Waals surface area contributed by atoms with Crippen molar-refractivity contribution < 1.29 is 14.3 Å². The molecular formula is C19H22N2O3. The average Bonchev–Trinajstić information content (AvgIpc) is 3.06. The number of benzene rings is 2. The van der Waals surface area contributed by atoms with Crippen LogP contribution in [0.25, 0.3) is 0 Å². The molecule has 1 fully saturated rings. The highest BCUT2D eigenvalue weighted by Crippen LogP contribution is 2.23. The molecule has 1 aliphatic rings. The van der Waals surface area contributed by atoms with E-state index in [4.69, 9.17) is 9.47 Å². The predicted octanol–water partition coefficient (Wildman–Crippen LogP) is 3.31. The topological polar surface area (TPSA) is 50.8 Å². The van der Waals surface area contributed by atoms with E-state index in [1.54, 1.807) is 7.11 Å². The van der Waals surface area contributed by atoms with E-state index in [-0.39, 0.29) is 5.91 Å². The smallest absolute Gasteiger partial charge is 0.227 e. The van der Waals surface area contributed by atoms with Gasteiger partial charge in [0.15, 0.2) is 0 Å². The molecule has 0 unspecified atom stereocenters. The van der Waals surface area contributed by atoms with Gasteiger partial charge in [0.05, 0.1) is 7.11 Å². The predicted molar refractivity (Wildman–Crippen MR) is 95.0 cm³/mol. The van der Waals surface area contributed by atoms with E-state index in [1.165, 1.54) is 0 Å². The average molecular weight is 326 g/mol. The molecule has 0 aromatic heterocycles. The highest BCUT2D eigenvalue weighted by atomic mass is 16.5. The minimum Gasteiger partial charge on any atom is -0.497 e. The van der Waals surface area contributed by atoms with Crippen LogP contribution in [-0.4, -0.2) is 32.7 Å². The number of rotatable bonds is 7. The standard InChI is InChI=1S/C19H22N2O3/c1-23-17-8-10-18(11-9-17)24-14-12-20-15-4-6-16(7-5-15)21-13-2-3-19(21)22/h4-11,20H,2-3,12-14H2,1H3. The molecule has 126 valence electrons. The van der Waals surface area contributed by atoms with Crippen LogP contribution in [0.5, 0.6) is 11.5 Å². The van der Waals surface area contributed by atoms with Gasteiger partial charge in [-0.05, 0) is 55.0 Å². The van der Waals surface area contributed by atoms with Crippen molar-refractivity contribution in [2.45, 2.75) is 12.8 Å². The monoisotopic (exact) mass is 326 g/mol. The van der Waals surface area contributed by atoms with Crippen molar-refractivity contribution in [2.24, 2.45) is 0 Å². The SMILES string of the molecule is COc1ccc(OCCNc2ccc(N3CCCC3=O)cc2)cc1. The molecule has 1 amide bonds. The van der Waals surface area contributed by atoms with Crippen molar-refractivity contribution >= 4 is 17.3 Å². The molecule has 0 aliphatic carbocycles. The Bertz CT molecular complexity index is 668.